The number of rotatable bonds is 5. The van der Waals surface area contributed by atoms with Crippen LogP contribution in [0, 0.1) is 0 Å². The molecule has 0 aliphatic rings. The van der Waals surface area contributed by atoms with Crippen molar-refractivity contribution in [2.75, 3.05) is 5.88 Å². The quantitative estimate of drug-likeness (QED) is 0.667. The van der Waals surface area contributed by atoms with Gasteiger partial charge >= 0.3 is 0 Å². The Morgan fingerprint density at radius 2 is 2.33 bits per heavy atom. The van der Waals surface area contributed by atoms with Gasteiger partial charge in [-0.05, 0) is 6.08 Å². The van der Waals surface area contributed by atoms with Gasteiger partial charge in [0.25, 0.3) is 5.91 Å². The lowest BCUT2D eigenvalue weighted by atomic mass is 10.1. The van der Waals surface area contributed by atoms with Gasteiger partial charge in [-0.2, -0.15) is 0 Å². The summed E-state index contributed by atoms with van der Waals surface area (Å²) in [6, 6.07) is 1.59. The van der Waals surface area contributed by atoms with E-state index in [4.69, 9.17) is 27.7 Å². The van der Waals surface area contributed by atoms with Gasteiger partial charge in [0.2, 0.25) is 0 Å². The predicted octanol–water partition coefficient (Wildman–Crippen LogP) is 3.40. The Morgan fingerprint density at radius 1 is 1.67 bits per heavy atom. The summed E-state index contributed by atoms with van der Waals surface area (Å²) in [6.45, 7) is 7.39. The summed E-state index contributed by atoms with van der Waals surface area (Å²) in [7, 11) is 0. The van der Waals surface area contributed by atoms with Gasteiger partial charge in [0.1, 0.15) is 5.76 Å². The van der Waals surface area contributed by atoms with E-state index in [0.29, 0.717) is 16.5 Å². The summed E-state index contributed by atoms with van der Waals surface area (Å²) in [4.78, 5) is 11.9. The standard InChI is InChI=1S/C12H14Cl2N2O2/c1-4-8(14)10(6-13)15-12(17)9-5-11(7(2)3)18-16-9/h4-5,7H,1,6H2,2-3H3,(H,15,17)/b10-8-. The van der Waals surface area contributed by atoms with Crippen molar-refractivity contribution in [1.29, 1.82) is 0 Å². The zero-order chi connectivity index (χ0) is 13.7. The van der Waals surface area contributed by atoms with Crippen LogP contribution in [0.1, 0.15) is 36.0 Å². The molecule has 0 saturated heterocycles. The van der Waals surface area contributed by atoms with Crippen molar-refractivity contribution in [2.45, 2.75) is 19.8 Å². The minimum absolute atomic E-state index is 0.0749. The summed E-state index contributed by atoms with van der Waals surface area (Å²) < 4.78 is 5.04. The van der Waals surface area contributed by atoms with Gasteiger partial charge in [-0.15, -0.1) is 11.6 Å². The molecule has 1 N–H and O–H groups in total. The Balaban J connectivity index is 2.84. The average Bonchev–Trinajstić information content (AvgIpc) is 2.84. The molecule has 1 rings (SSSR count). The van der Waals surface area contributed by atoms with Gasteiger partial charge in [0, 0.05) is 12.0 Å². The Labute approximate surface area is 116 Å². The Kier molecular flexibility index (Phi) is 5.44. The summed E-state index contributed by atoms with van der Waals surface area (Å²) >= 11 is 11.5. The highest BCUT2D eigenvalue weighted by Crippen LogP contribution is 2.16. The van der Waals surface area contributed by atoms with E-state index in [1.165, 1.54) is 6.08 Å². The van der Waals surface area contributed by atoms with Crippen LogP contribution in [0.4, 0.5) is 0 Å². The molecule has 1 amide bonds. The summed E-state index contributed by atoms with van der Waals surface area (Å²) in [6.07, 6.45) is 1.40. The third-order valence-corrected chi connectivity index (χ3v) is 2.85. The smallest absolute Gasteiger partial charge is 0.277 e. The van der Waals surface area contributed by atoms with E-state index in [1.807, 2.05) is 13.8 Å². The number of nitrogens with one attached hydrogen (secondary N) is 1. The molecule has 0 spiro atoms. The maximum atomic E-state index is 11.9. The lowest BCUT2D eigenvalue weighted by molar-refractivity contribution is 0.0957. The van der Waals surface area contributed by atoms with Crippen molar-refractivity contribution in [1.82, 2.24) is 10.5 Å². The number of aromatic nitrogens is 1. The molecule has 0 atom stereocenters. The van der Waals surface area contributed by atoms with Crippen LogP contribution in [0.3, 0.4) is 0 Å². The molecule has 1 heterocycles. The van der Waals surface area contributed by atoms with E-state index in [-0.39, 0.29) is 17.5 Å². The third-order valence-electron chi connectivity index (χ3n) is 2.20. The minimum Gasteiger partial charge on any atom is -0.360 e. The van der Waals surface area contributed by atoms with E-state index >= 15 is 0 Å². The zero-order valence-electron chi connectivity index (χ0n) is 10.2. The average molecular weight is 289 g/mol. The van der Waals surface area contributed by atoms with E-state index in [0.717, 1.165) is 0 Å². The minimum atomic E-state index is -0.415. The van der Waals surface area contributed by atoms with E-state index in [9.17, 15) is 4.79 Å². The fourth-order valence-electron chi connectivity index (χ4n) is 1.15. The van der Waals surface area contributed by atoms with Gasteiger partial charge in [0.05, 0.1) is 16.6 Å². The van der Waals surface area contributed by atoms with Crippen molar-refractivity contribution in [3.8, 4) is 0 Å². The highest BCUT2D eigenvalue weighted by molar-refractivity contribution is 6.32. The SMILES string of the molecule is C=C/C(Cl)=C(\CCl)NC(=O)c1cc(C(C)C)on1. The first-order valence-electron chi connectivity index (χ1n) is 5.34. The molecule has 6 heteroatoms. The molecule has 0 aromatic carbocycles. The van der Waals surface area contributed by atoms with Crippen molar-refractivity contribution >= 4 is 29.1 Å². The second-order valence-electron chi connectivity index (χ2n) is 3.89. The maximum Gasteiger partial charge on any atom is 0.277 e. The van der Waals surface area contributed by atoms with E-state index in [2.05, 4.69) is 17.1 Å². The molecule has 98 valence electrons. The fraction of sp³-hybridized carbons (Fsp3) is 0.333. The first-order chi connectivity index (χ1) is 8.49. The van der Waals surface area contributed by atoms with Crippen LogP contribution in [0.5, 0.6) is 0 Å². The van der Waals surface area contributed by atoms with Gasteiger partial charge in [-0.3, -0.25) is 4.79 Å². The predicted molar refractivity (Wildman–Crippen MR) is 71.9 cm³/mol. The van der Waals surface area contributed by atoms with Crippen LogP contribution in [0.2, 0.25) is 0 Å². The summed E-state index contributed by atoms with van der Waals surface area (Å²) in [5, 5.41) is 6.55. The lowest BCUT2D eigenvalue weighted by Gasteiger charge is -2.05. The molecule has 1 aromatic rings. The molecule has 0 radical (unpaired) electrons. The topological polar surface area (TPSA) is 55.1 Å². The van der Waals surface area contributed by atoms with Gasteiger partial charge in [0.15, 0.2) is 5.69 Å². The fourth-order valence-corrected chi connectivity index (χ4v) is 1.54. The van der Waals surface area contributed by atoms with E-state index < -0.39 is 5.91 Å². The van der Waals surface area contributed by atoms with Crippen molar-refractivity contribution in [3.63, 3.8) is 0 Å². The van der Waals surface area contributed by atoms with Crippen molar-refractivity contribution < 1.29 is 9.32 Å². The first kappa shape index (κ1) is 14.8. The second-order valence-corrected chi connectivity index (χ2v) is 4.56. The van der Waals surface area contributed by atoms with Crippen LogP contribution in [-0.2, 0) is 0 Å². The monoisotopic (exact) mass is 288 g/mol. The summed E-state index contributed by atoms with van der Waals surface area (Å²) in [5.74, 6) is 0.470. The Hall–Kier alpha value is -1.26. The number of allylic oxidation sites excluding steroid dienone is 3. The first-order valence-corrected chi connectivity index (χ1v) is 6.25. The van der Waals surface area contributed by atoms with Gasteiger partial charge in [-0.25, -0.2) is 0 Å². The molecule has 0 saturated carbocycles. The number of carbonyl (C=O) groups is 1. The number of halogens is 2. The van der Waals surface area contributed by atoms with Crippen LogP contribution in [0.25, 0.3) is 0 Å². The van der Waals surface area contributed by atoms with Crippen LogP contribution < -0.4 is 5.32 Å². The molecule has 4 nitrogen and oxygen atoms in total. The molecule has 18 heavy (non-hydrogen) atoms. The van der Waals surface area contributed by atoms with Crippen molar-refractivity contribution in [2.24, 2.45) is 0 Å². The summed E-state index contributed by atoms with van der Waals surface area (Å²) in [5.41, 5.74) is 0.572. The highest BCUT2D eigenvalue weighted by Gasteiger charge is 2.16. The lowest BCUT2D eigenvalue weighted by Crippen LogP contribution is -2.24. The number of carbonyl (C=O) groups excluding carboxylic acids is 1. The van der Waals surface area contributed by atoms with Crippen LogP contribution >= 0.6 is 23.2 Å². The number of hydrogen-bond acceptors (Lipinski definition) is 3. The molecule has 0 aliphatic carbocycles. The van der Waals surface area contributed by atoms with Crippen LogP contribution in [-0.4, -0.2) is 16.9 Å². The largest absolute Gasteiger partial charge is 0.360 e. The molecule has 0 unspecified atom stereocenters. The molecule has 1 aromatic heterocycles. The third kappa shape index (κ3) is 3.62. The number of alkyl halides is 1. The Morgan fingerprint density at radius 3 is 2.78 bits per heavy atom. The van der Waals surface area contributed by atoms with Crippen LogP contribution in [0.15, 0.2) is 34.0 Å². The van der Waals surface area contributed by atoms with Gasteiger partial charge in [-0.1, -0.05) is 37.2 Å². The van der Waals surface area contributed by atoms with Gasteiger partial charge < -0.3 is 9.84 Å². The molecule has 0 fully saturated rings. The van der Waals surface area contributed by atoms with E-state index in [1.54, 1.807) is 6.07 Å². The number of hydrogen-bond donors (Lipinski definition) is 1. The Bertz CT molecular complexity index is 478. The molecular weight excluding hydrogens is 275 g/mol. The second kappa shape index (κ2) is 6.61. The zero-order valence-corrected chi connectivity index (χ0v) is 11.7. The maximum absolute atomic E-state index is 11.9. The number of amides is 1. The number of nitrogens with zero attached hydrogens (tertiary/aromatic N) is 1. The molecule has 0 aliphatic heterocycles. The normalized spacial score (nSPS) is 12.3. The van der Waals surface area contributed by atoms with Crippen molar-refractivity contribution in [3.05, 3.63) is 40.9 Å². The molecule has 0 bridgehead atoms. The highest BCUT2D eigenvalue weighted by atomic mass is 35.5. The molecular formula is C12H14Cl2N2O2.